The Morgan fingerprint density at radius 3 is 2.12 bits per heavy atom. The molecule has 0 atom stereocenters. The molecule has 2 aromatic carbocycles. The second kappa shape index (κ2) is 12.1. The van der Waals surface area contributed by atoms with Gasteiger partial charge in [0.15, 0.2) is 11.5 Å². The number of anilines is 1. The quantitative estimate of drug-likeness (QED) is 0.367. The van der Waals surface area contributed by atoms with Crippen LogP contribution in [0.5, 0.6) is 17.2 Å². The maximum Gasteiger partial charge on any atom is 0.248 e. The van der Waals surface area contributed by atoms with Crippen molar-refractivity contribution >= 4 is 27.7 Å². The van der Waals surface area contributed by atoms with E-state index in [1.54, 1.807) is 25.3 Å². The van der Waals surface area contributed by atoms with E-state index in [0.717, 1.165) is 0 Å². The zero-order chi connectivity index (χ0) is 23.6. The molecule has 0 radical (unpaired) electrons. The molecule has 0 aromatic heterocycles. The number of methoxy groups -OCH3 is 4. The zero-order valence-electron chi connectivity index (χ0n) is 18.5. The number of amides is 1. The number of hydrogen-bond acceptors (Lipinski definition) is 7. The molecular weight excluding hydrogens is 436 g/mol. The maximum atomic E-state index is 12.3. The fraction of sp³-hybridized carbons (Fsp3) is 0.318. The maximum absolute atomic E-state index is 12.3. The summed E-state index contributed by atoms with van der Waals surface area (Å²) in [7, 11) is 2.47. The Balaban J connectivity index is 2.03. The van der Waals surface area contributed by atoms with Crippen molar-refractivity contribution in [1.82, 2.24) is 4.72 Å². The number of hydrogen-bond donors (Lipinski definition) is 2. The zero-order valence-corrected chi connectivity index (χ0v) is 19.3. The van der Waals surface area contributed by atoms with Crippen molar-refractivity contribution in [3.63, 3.8) is 0 Å². The second-order valence-electron chi connectivity index (χ2n) is 6.55. The largest absolute Gasteiger partial charge is 0.493 e. The summed E-state index contributed by atoms with van der Waals surface area (Å²) in [4.78, 5) is 12.4. The molecule has 174 valence electrons. The van der Waals surface area contributed by atoms with Crippen LogP contribution < -0.4 is 24.2 Å². The number of carbonyl (C=O) groups is 1. The predicted octanol–water partition coefficient (Wildman–Crippen LogP) is 2.68. The summed E-state index contributed by atoms with van der Waals surface area (Å²) < 4.78 is 47.8. The molecule has 0 heterocycles. The number of benzene rings is 2. The normalized spacial score (nSPS) is 11.4. The third kappa shape index (κ3) is 6.98. The van der Waals surface area contributed by atoms with E-state index < -0.39 is 10.0 Å². The van der Waals surface area contributed by atoms with Crippen LogP contribution in [0.15, 0.2) is 47.4 Å². The molecule has 0 saturated heterocycles. The highest BCUT2D eigenvalue weighted by molar-refractivity contribution is 7.89. The highest BCUT2D eigenvalue weighted by Crippen LogP contribution is 2.38. The molecule has 0 saturated carbocycles. The average molecular weight is 465 g/mol. The molecule has 0 unspecified atom stereocenters. The minimum atomic E-state index is -3.62. The number of nitrogens with one attached hydrogen (secondary N) is 2. The Bertz CT molecular complexity index is 1010. The molecule has 0 aliphatic carbocycles. The van der Waals surface area contributed by atoms with E-state index in [0.29, 0.717) is 41.5 Å². The Labute approximate surface area is 188 Å². The number of sulfonamides is 1. The molecule has 10 heteroatoms. The molecule has 9 nitrogen and oxygen atoms in total. The van der Waals surface area contributed by atoms with Gasteiger partial charge >= 0.3 is 0 Å². The van der Waals surface area contributed by atoms with Gasteiger partial charge in [0, 0.05) is 32.0 Å². The highest BCUT2D eigenvalue weighted by atomic mass is 32.2. The first-order chi connectivity index (χ1) is 15.3. The van der Waals surface area contributed by atoms with Gasteiger partial charge in [0.2, 0.25) is 21.7 Å². The van der Waals surface area contributed by atoms with Crippen LogP contribution in [-0.4, -0.2) is 55.9 Å². The van der Waals surface area contributed by atoms with Gasteiger partial charge < -0.3 is 24.3 Å². The summed E-state index contributed by atoms with van der Waals surface area (Å²) in [5, 5.41) is 2.69. The number of ether oxygens (including phenoxy) is 4. The van der Waals surface area contributed by atoms with Gasteiger partial charge in [-0.05, 0) is 54.5 Å². The summed E-state index contributed by atoms with van der Waals surface area (Å²) in [6, 6.07) is 9.33. The van der Waals surface area contributed by atoms with Crippen molar-refractivity contribution in [3.05, 3.63) is 48.0 Å². The van der Waals surface area contributed by atoms with Gasteiger partial charge in [0.05, 0.1) is 26.2 Å². The van der Waals surface area contributed by atoms with Crippen LogP contribution in [0.25, 0.3) is 6.08 Å². The molecule has 2 rings (SSSR count). The summed E-state index contributed by atoms with van der Waals surface area (Å²) in [5.41, 5.74) is 1.14. The van der Waals surface area contributed by atoms with Gasteiger partial charge in [-0.3, -0.25) is 4.79 Å². The van der Waals surface area contributed by atoms with Crippen LogP contribution in [0.2, 0.25) is 0 Å². The molecule has 0 spiro atoms. The summed E-state index contributed by atoms with van der Waals surface area (Å²) in [6.45, 7) is 0.748. The molecule has 2 N–H and O–H groups in total. The summed E-state index contributed by atoms with van der Waals surface area (Å²) in [6.07, 6.45) is 3.52. The topological polar surface area (TPSA) is 112 Å². The van der Waals surface area contributed by atoms with E-state index in [4.69, 9.17) is 18.9 Å². The van der Waals surface area contributed by atoms with Crippen LogP contribution >= 0.6 is 0 Å². The van der Waals surface area contributed by atoms with Gasteiger partial charge in [-0.1, -0.05) is 0 Å². The second-order valence-corrected chi connectivity index (χ2v) is 8.32. The van der Waals surface area contributed by atoms with Crippen molar-refractivity contribution in [1.29, 1.82) is 0 Å². The Morgan fingerprint density at radius 1 is 0.969 bits per heavy atom. The molecule has 0 aliphatic rings. The van der Waals surface area contributed by atoms with Crippen molar-refractivity contribution in [2.45, 2.75) is 11.3 Å². The summed E-state index contributed by atoms with van der Waals surface area (Å²) >= 11 is 0. The molecule has 1 amide bonds. The van der Waals surface area contributed by atoms with E-state index in [9.17, 15) is 13.2 Å². The van der Waals surface area contributed by atoms with E-state index in [-0.39, 0.29) is 17.3 Å². The minimum Gasteiger partial charge on any atom is -0.493 e. The first kappa shape index (κ1) is 25.2. The van der Waals surface area contributed by atoms with Crippen molar-refractivity contribution in [2.75, 3.05) is 46.9 Å². The van der Waals surface area contributed by atoms with E-state index in [2.05, 4.69) is 10.0 Å². The van der Waals surface area contributed by atoms with Crippen LogP contribution in [0.4, 0.5) is 5.69 Å². The Kier molecular flexibility index (Phi) is 9.51. The number of rotatable bonds is 12. The molecule has 2 aromatic rings. The highest BCUT2D eigenvalue weighted by Gasteiger charge is 2.14. The molecule has 0 aliphatic heterocycles. The van der Waals surface area contributed by atoms with Gasteiger partial charge in [-0.15, -0.1) is 0 Å². The van der Waals surface area contributed by atoms with Crippen LogP contribution in [-0.2, 0) is 19.6 Å². The Morgan fingerprint density at radius 2 is 1.59 bits per heavy atom. The monoisotopic (exact) mass is 464 g/mol. The fourth-order valence-electron chi connectivity index (χ4n) is 2.78. The van der Waals surface area contributed by atoms with Crippen molar-refractivity contribution in [2.24, 2.45) is 0 Å². The third-order valence-electron chi connectivity index (χ3n) is 4.36. The van der Waals surface area contributed by atoms with Gasteiger partial charge in [0.25, 0.3) is 0 Å². The van der Waals surface area contributed by atoms with Crippen molar-refractivity contribution < 1.29 is 32.2 Å². The predicted molar refractivity (Wildman–Crippen MR) is 122 cm³/mol. The number of carbonyl (C=O) groups excluding carboxylic acids is 1. The lowest BCUT2D eigenvalue weighted by atomic mass is 10.1. The van der Waals surface area contributed by atoms with E-state index in [1.807, 2.05) is 0 Å². The van der Waals surface area contributed by atoms with Crippen LogP contribution in [0, 0.1) is 0 Å². The lowest BCUT2D eigenvalue weighted by Crippen LogP contribution is -2.25. The lowest BCUT2D eigenvalue weighted by molar-refractivity contribution is -0.111. The third-order valence-corrected chi connectivity index (χ3v) is 5.84. The molecule has 0 fully saturated rings. The van der Waals surface area contributed by atoms with Gasteiger partial charge in [-0.2, -0.15) is 0 Å². The fourth-order valence-corrected chi connectivity index (χ4v) is 3.85. The Hall–Kier alpha value is -3.08. The average Bonchev–Trinajstić information content (AvgIpc) is 2.80. The molecular formula is C22H28N2O7S. The molecule has 0 bridgehead atoms. The van der Waals surface area contributed by atoms with Gasteiger partial charge in [-0.25, -0.2) is 13.1 Å². The van der Waals surface area contributed by atoms with Crippen LogP contribution in [0.1, 0.15) is 12.0 Å². The van der Waals surface area contributed by atoms with E-state index >= 15 is 0 Å². The first-order valence-electron chi connectivity index (χ1n) is 9.72. The summed E-state index contributed by atoms with van der Waals surface area (Å²) in [5.74, 6) is 1.02. The smallest absolute Gasteiger partial charge is 0.248 e. The van der Waals surface area contributed by atoms with Crippen LogP contribution in [0.3, 0.4) is 0 Å². The first-order valence-corrected chi connectivity index (χ1v) is 11.2. The van der Waals surface area contributed by atoms with Gasteiger partial charge in [0.1, 0.15) is 0 Å². The standard InChI is InChI=1S/C22H28N2O7S/c1-28-13-5-12-23-32(26,27)18-9-7-17(8-10-18)24-21(25)11-6-16-14-19(29-2)22(31-4)20(15-16)30-3/h6-11,14-15,23H,5,12-13H2,1-4H3,(H,24,25)/b11-6+. The van der Waals surface area contributed by atoms with Crippen molar-refractivity contribution in [3.8, 4) is 17.2 Å². The van der Waals surface area contributed by atoms with E-state index in [1.165, 1.54) is 51.7 Å². The SMILES string of the molecule is COCCCNS(=O)(=O)c1ccc(NC(=O)/C=C/c2cc(OC)c(OC)c(OC)c2)cc1. The molecule has 32 heavy (non-hydrogen) atoms. The lowest BCUT2D eigenvalue weighted by Gasteiger charge is -2.12. The minimum absolute atomic E-state index is 0.112.